The number of carbonyl (C=O) groups excluding carboxylic acids is 1. The molecule has 116 valence electrons. The first-order chi connectivity index (χ1) is 10.1. The molecule has 0 saturated carbocycles. The molecule has 1 N–H and O–H groups in total. The van der Waals surface area contributed by atoms with Crippen LogP contribution < -0.4 is 5.32 Å². The fraction of sp³-hybridized carbons (Fsp3) is 0.533. The quantitative estimate of drug-likeness (QED) is 0.871. The smallest absolute Gasteiger partial charge is 0.245 e. The number of hydrogen-bond donors (Lipinski definition) is 1. The van der Waals surface area contributed by atoms with Crippen molar-refractivity contribution in [1.82, 2.24) is 10.2 Å². The van der Waals surface area contributed by atoms with Crippen LogP contribution in [0.4, 0.5) is 0 Å². The molecule has 1 heterocycles. The van der Waals surface area contributed by atoms with Crippen LogP contribution in [-0.4, -0.2) is 44.2 Å². The van der Waals surface area contributed by atoms with Crippen LogP contribution in [0.5, 0.6) is 0 Å². The molecule has 0 radical (unpaired) electrons. The molecule has 2 rings (SSSR count). The van der Waals surface area contributed by atoms with Crippen molar-refractivity contribution in [3.8, 4) is 0 Å². The summed E-state index contributed by atoms with van der Waals surface area (Å²) in [4.78, 5) is 13.7. The Morgan fingerprint density at radius 1 is 1.38 bits per heavy atom. The minimum atomic E-state index is -0.0578. The minimum absolute atomic E-state index is 0.0578. The topological polar surface area (TPSA) is 41.6 Å². The zero-order chi connectivity index (χ0) is 15.2. The number of likely N-dealkylation sites (tertiary alicyclic amines) is 1. The van der Waals surface area contributed by atoms with E-state index in [0.717, 1.165) is 31.6 Å². The van der Waals surface area contributed by atoms with Gasteiger partial charge in [0.05, 0.1) is 0 Å². The monoisotopic (exact) mass is 330 g/mol. The molecular weight excluding hydrogens is 311 g/mol. The van der Waals surface area contributed by atoms with Crippen molar-refractivity contribution in [3.63, 3.8) is 0 Å². The van der Waals surface area contributed by atoms with Crippen molar-refractivity contribution in [3.05, 3.63) is 33.8 Å². The lowest BCUT2D eigenvalue weighted by molar-refractivity contribution is -0.124. The van der Waals surface area contributed by atoms with Crippen molar-refractivity contribution in [2.24, 2.45) is 5.92 Å². The van der Waals surface area contributed by atoms with Crippen LogP contribution in [0.1, 0.15) is 12.0 Å². The van der Waals surface area contributed by atoms with Crippen molar-refractivity contribution in [1.29, 1.82) is 0 Å². The van der Waals surface area contributed by atoms with Gasteiger partial charge in [-0.25, -0.2) is 0 Å². The maximum atomic E-state index is 11.4. The van der Waals surface area contributed by atoms with Crippen LogP contribution >= 0.6 is 23.2 Å². The molecule has 0 aliphatic carbocycles. The van der Waals surface area contributed by atoms with Crippen molar-refractivity contribution < 1.29 is 9.53 Å². The summed E-state index contributed by atoms with van der Waals surface area (Å²) in [6.07, 6.45) is 1.08. The number of halogens is 2. The van der Waals surface area contributed by atoms with E-state index in [1.165, 1.54) is 7.11 Å². The molecule has 0 bridgehead atoms. The lowest BCUT2D eigenvalue weighted by Crippen LogP contribution is -2.33. The average Bonchev–Trinajstić information content (AvgIpc) is 2.83. The van der Waals surface area contributed by atoms with Crippen LogP contribution in [0.2, 0.25) is 10.0 Å². The maximum absolute atomic E-state index is 11.4. The summed E-state index contributed by atoms with van der Waals surface area (Å²) in [6.45, 7) is 3.65. The molecule has 0 spiro atoms. The molecule has 21 heavy (non-hydrogen) atoms. The van der Waals surface area contributed by atoms with Crippen LogP contribution in [0.25, 0.3) is 0 Å². The molecular formula is C15H20Cl2N2O2. The lowest BCUT2D eigenvalue weighted by Gasteiger charge is -2.17. The molecule has 1 unspecified atom stereocenters. The summed E-state index contributed by atoms with van der Waals surface area (Å²) >= 11 is 12.0. The van der Waals surface area contributed by atoms with Gasteiger partial charge < -0.3 is 10.1 Å². The highest BCUT2D eigenvalue weighted by Crippen LogP contribution is 2.23. The van der Waals surface area contributed by atoms with Gasteiger partial charge in [-0.3, -0.25) is 9.69 Å². The van der Waals surface area contributed by atoms with E-state index in [1.54, 1.807) is 6.07 Å². The predicted octanol–water partition coefficient (Wildman–Crippen LogP) is 2.58. The number of hydrogen-bond acceptors (Lipinski definition) is 3. The second-order valence-corrected chi connectivity index (χ2v) is 6.28. The summed E-state index contributed by atoms with van der Waals surface area (Å²) in [5.41, 5.74) is 1.12. The van der Waals surface area contributed by atoms with Crippen LogP contribution in [-0.2, 0) is 16.1 Å². The standard InChI is InChI=1S/C15H20Cl2N2O2/c1-21-10-15(20)18-7-11-2-3-19(8-11)9-12-4-13(16)6-14(17)5-12/h4-6,11H,2-3,7-10H2,1H3,(H,18,20). The largest absolute Gasteiger partial charge is 0.375 e. The minimum Gasteiger partial charge on any atom is -0.375 e. The van der Waals surface area contributed by atoms with Crippen LogP contribution in [0.3, 0.4) is 0 Å². The van der Waals surface area contributed by atoms with Crippen molar-refractivity contribution in [2.45, 2.75) is 13.0 Å². The van der Waals surface area contributed by atoms with Gasteiger partial charge in [-0.15, -0.1) is 0 Å². The van der Waals surface area contributed by atoms with Gasteiger partial charge in [0.15, 0.2) is 0 Å². The molecule has 1 aromatic rings. The SMILES string of the molecule is COCC(=O)NCC1CCN(Cc2cc(Cl)cc(Cl)c2)C1. The van der Waals surface area contributed by atoms with Gasteiger partial charge >= 0.3 is 0 Å². The predicted molar refractivity (Wildman–Crippen MR) is 84.7 cm³/mol. The third-order valence-corrected chi connectivity index (χ3v) is 4.00. The first kappa shape index (κ1) is 16.6. The summed E-state index contributed by atoms with van der Waals surface area (Å²) in [5.74, 6) is 0.429. The molecule has 1 fully saturated rings. The highest BCUT2D eigenvalue weighted by molar-refractivity contribution is 6.34. The van der Waals surface area contributed by atoms with Gasteiger partial charge in [0.1, 0.15) is 6.61 Å². The zero-order valence-corrected chi connectivity index (χ0v) is 13.6. The number of nitrogens with one attached hydrogen (secondary N) is 1. The van der Waals surface area contributed by atoms with Crippen LogP contribution in [0.15, 0.2) is 18.2 Å². The number of benzene rings is 1. The Hall–Kier alpha value is -0.810. The van der Waals surface area contributed by atoms with E-state index in [9.17, 15) is 4.79 Å². The van der Waals surface area contributed by atoms with E-state index in [2.05, 4.69) is 10.2 Å². The lowest BCUT2D eigenvalue weighted by atomic mass is 10.1. The number of carbonyl (C=O) groups is 1. The number of methoxy groups -OCH3 is 1. The Balaban J connectivity index is 1.78. The Bertz CT molecular complexity index is 476. The third kappa shape index (κ3) is 5.47. The Kier molecular flexibility index (Phi) is 6.30. The van der Waals surface area contributed by atoms with Gasteiger partial charge in [0.2, 0.25) is 5.91 Å². The fourth-order valence-electron chi connectivity index (χ4n) is 2.62. The van der Waals surface area contributed by atoms with Gasteiger partial charge in [-0.1, -0.05) is 23.2 Å². The molecule has 1 aliphatic rings. The first-order valence-electron chi connectivity index (χ1n) is 7.00. The Labute approximate surface area is 135 Å². The summed E-state index contributed by atoms with van der Waals surface area (Å²) < 4.78 is 4.79. The maximum Gasteiger partial charge on any atom is 0.245 e. The average molecular weight is 331 g/mol. The van der Waals surface area contributed by atoms with Crippen LogP contribution in [0, 0.1) is 5.92 Å². The first-order valence-corrected chi connectivity index (χ1v) is 7.75. The summed E-state index contributed by atoms with van der Waals surface area (Å²) in [6, 6.07) is 5.63. The van der Waals surface area contributed by atoms with E-state index in [-0.39, 0.29) is 12.5 Å². The van der Waals surface area contributed by atoms with Gasteiger partial charge in [-0.05, 0) is 42.6 Å². The highest BCUT2D eigenvalue weighted by atomic mass is 35.5. The van der Waals surface area contributed by atoms with E-state index in [0.29, 0.717) is 22.5 Å². The van der Waals surface area contributed by atoms with E-state index in [1.807, 2.05) is 12.1 Å². The van der Waals surface area contributed by atoms with E-state index in [4.69, 9.17) is 27.9 Å². The molecule has 1 amide bonds. The van der Waals surface area contributed by atoms with E-state index >= 15 is 0 Å². The number of nitrogens with zero attached hydrogens (tertiary/aromatic N) is 1. The number of ether oxygens (including phenoxy) is 1. The van der Waals surface area contributed by atoms with Crippen molar-refractivity contribution in [2.75, 3.05) is 33.4 Å². The second kappa shape index (κ2) is 7.99. The second-order valence-electron chi connectivity index (χ2n) is 5.40. The molecule has 1 aromatic carbocycles. The normalized spacial score (nSPS) is 18.9. The molecule has 1 aliphatic heterocycles. The van der Waals surface area contributed by atoms with E-state index < -0.39 is 0 Å². The van der Waals surface area contributed by atoms with Gasteiger partial charge in [-0.2, -0.15) is 0 Å². The van der Waals surface area contributed by atoms with Gasteiger partial charge in [0, 0.05) is 36.8 Å². The van der Waals surface area contributed by atoms with Crippen molar-refractivity contribution >= 4 is 29.1 Å². The molecule has 1 atom stereocenters. The summed E-state index contributed by atoms with van der Waals surface area (Å²) in [5, 5.41) is 4.23. The zero-order valence-electron chi connectivity index (χ0n) is 12.1. The number of rotatable bonds is 6. The summed E-state index contributed by atoms with van der Waals surface area (Å²) in [7, 11) is 1.52. The third-order valence-electron chi connectivity index (χ3n) is 3.56. The number of amides is 1. The Morgan fingerprint density at radius 2 is 2.10 bits per heavy atom. The van der Waals surface area contributed by atoms with Gasteiger partial charge in [0.25, 0.3) is 0 Å². The highest BCUT2D eigenvalue weighted by Gasteiger charge is 2.22. The molecule has 6 heteroatoms. The Morgan fingerprint density at radius 3 is 2.76 bits per heavy atom. The molecule has 0 aromatic heterocycles. The molecule has 4 nitrogen and oxygen atoms in total. The fourth-order valence-corrected chi connectivity index (χ4v) is 3.20. The molecule has 1 saturated heterocycles.